The van der Waals surface area contributed by atoms with Gasteiger partial charge in [-0.25, -0.2) is 4.68 Å². The Morgan fingerprint density at radius 2 is 1.50 bits per heavy atom. The zero-order valence-electron chi connectivity index (χ0n) is 16.2. The highest BCUT2D eigenvalue weighted by molar-refractivity contribution is 6.04. The van der Waals surface area contributed by atoms with Crippen molar-refractivity contribution < 1.29 is 4.79 Å². The van der Waals surface area contributed by atoms with Crippen LogP contribution in [0.15, 0.2) is 89.7 Å². The maximum Gasteiger partial charge on any atom is 0.274 e. The number of rotatable bonds is 4. The molecular formula is C25H19N3O2. The van der Waals surface area contributed by atoms with Crippen molar-refractivity contribution in [1.82, 2.24) is 15.1 Å². The lowest BCUT2D eigenvalue weighted by Gasteiger charge is -2.10. The Kier molecular flexibility index (Phi) is 5.68. The minimum absolute atomic E-state index is 0.182. The third-order valence-electron chi connectivity index (χ3n) is 4.60. The van der Waals surface area contributed by atoms with Crippen molar-refractivity contribution in [3.05, 3.63) is 112 Å². The second kappa shape index (κ2) is 8.89. The van der Waals surface area contributed by atoms with Gasteiger partial charge in [-0.3, -0.25) is 9.59 Å². The topological polar surface area (TPSA) is 64.0 Å². The minimum atomic E-state index is -0.365. The minimum Gasteiger partial charge on any atom is -0.340 e. The van der Waals surface area contributed by atoms with Crippen LogP contribution in [0.2, 0.25) is 0 Å². The normalized spacial score (nSPS) is 10.3. The molecule has 0 saturated heterocycles. The molecule has 30 heavy (non-hydrogen) atoms. The van der Waals surface area contributed by atoms with Crippen molar-refractivity contribution >= 4 is 16.7 Å². The third kappa shape index (κ3) is 4.29. The van der Waals surface area contributed by atoms with Gasteiger partial charge < -0.3 is 5.32 Å². The molecule has 0 aliphatic carbocycles. The van der Waals surface area contributed by atoms with E-state index in [9.17, 15) is 9.59 Å². The van der Waals surface area contributed by atoms with Gasteiger partial charge in [0.1, 0.15) is 0 Å². The molecule has 0 aliphatic heterocycles. The molecule has 0 radical (unpaired) electrons. The number of hydrogen-bond donors (Lipinski definition) is 1. The molecule has 146 valence electrons. The molecule has 4 aromatic rings. The number of amides is 1. The number of carbonyl (C=O) groups is 1. The summed E-state index contributed by atoms with van der Waals surface area (Å²) in [5.41, 5.74) is 1.80. The van der Waals surface area contributed by atoms with Gasteiger partial charge in [-0.1, -0.05) is 78.6 Å². The molecule has 0 spiro atoms. The van der Waals surface area contributed by atoms with Gasteiger partial charge in [0.25, 0.3) is 11.5 Å². The van der Waals surface area contributed by atoms with Gasteiger partial charge in [-0.2, -0.15) is 5.10 Å². The molecule has 1 aromatic heterocycles. The number of nitrogens with one attached hydrogen (secondary N) is 1. The van der Waals surface area contributed by atoms with Gasteiger partial charge >= 0.3 is 0 Å². The summed E-state index contributed by atoms with van der Waals surface area (Å²) in [5.74, 6) is 5.57. The molecule has 5 nitrogen and oxygen atoms in total. The van der Waals surface area contributed by atoms with E-state index in [-0.39, 0.29) is 23.7 Å². The summed E-state index contributed by atoms with van der Waals surface area (Å²) >= 11 is 0. The zero-order valence-corrected chi connectivity index (χ0v) is 16.2. The Morgan fingerprint density at radius 3 is 2.23 bits per heavy atom. The Bertz CT molecular complexity index is 1300. The summed E-state index contributed by atoms with van der Waals surface area (Å²) in [7, 11) is 0. The van der Waals surface area contributed by atoms with E-state index < -0.39 is 0 Å². The molecule has 0 atom stereocenters. The SMILES string of the molecule is O=C(NCC#Cc1ccccc1)c1nn(Cc2ccccc2)c(=O)c2ccccc12. The molecule has 1 heterocycles. The number of nitrogens with zero attached hydrogens (tertiary/aromatic N) is 2. The van der Waals surface area contributed by atoms with Crippen molar-refractivity contribution in [3.63, 3.8) is 0 Å². The van der Waals surface area contributed by atoms with Crippen LogP contribution in [0.25, 0.3) is 10.8 Å². The van der Waals surface area contributed by atoms with Crippen LogP contribution in [0.4, 0.5) is 0 Å². The molecule has 1 amide bonds. The van der Waals surface area contributed by atoms with E-state index >= 15 is 0 Å². The predicted molar refractivity (Wildman–Crippen MR) is 117 cm³/mol. The monoisotopic (exact) mass is 393 g/mol. The first-order chi connectivity index (χ1) is 14.7. The van der Waals surface area contributed by atoms with Gasteiger partial charge in [0, 0.05) is 10.9 Å². The van der Waals surface area contributed by atoms with Gasteiger partial charge in [0.2, 0.25) is 0 Å². The molecule has 5 heteroatoms. The van der Waals surface area contributed by atoms with E-state index in [1.807, 2.05) is 60.7 Å². The predicted octanol–water partition coefficient (Wildman–Crippen LogP) is 3.23. The van der Waals surface area contributed by atoms with Crippen LogP contribution >= 0.6 is 0 Å². The van der Waals surface area contributed by atoms with E-state index in [1.54, 1.807) is 24.3 Å². The quantitative estimate of drug-likeness (QED) is 0.542. The largest absolute Gasteiger partial charge is 0.340 e. The number of hydrogen-bond acceptors (Lipinski definition) is 3. The van der Waals surface area contributed by atoms with E-state index in [2.05, 4.69) is 22.3 Å². The number of benzene rings is 3. The first-order valence-corrected chi connectivity index (χ1v) is 9.58. The second-order valence-corrected chi connectivity index (χ2v) is 6.69. The van der Waals surface area contributed by atoms with Crippen LogP contribution in [0.1, 0.15) is 21.6 Å². The van der Waals surface area contributed by atoms with Crippen LogP contribution < -0.4 is 10.9 Å². The van der Waals surface area contributed by atoms with Gasteiger partial charge in [-0.15, -0.1) is 0 Å². The van der Waals surface area contributed by atoms with Crippen LogP contribution in [0, 0.1) is 11.8 Å². The third-order valence-corrected chi connectivity index (χ3v) is 4.60. The number of fused-ring (bicyclic) bond motifs is 1. The number of aromatic nitrogens is 2. The Labute approximate surface area is 174 Å². The van der Waals surface area contributed by atoms with Gasteiger partial charge in [0.05, 0.1) is 18.5 Å². The fourth-order valence-corrected chi connectivity index (χ4v) is 3.14. The van der Waals surface area contributed by atoms with Crippen LogP contribution in [0.5, 0.6) is 0 Å². The van der Waals surface area contributed by atoms with Crippen molar-refractivity contribution in [2.75, 3.05) is 6.54 Å². The molecule has 0 unspecified atom stereocenters. The van der Waals surface area contributed by atoms with Crippen molar-refractivity contribution in [2.45, 2.75) is 6.54 Å². The summed E-state index contributed by atoms with van der Waals surface area (Å²) < 4.78 is 1.34. The summed E-state index contributed by atoms with van der Waals surface area (Å²) in [6, 6.07) is 26.1. The Balaban J connectivity index is 1.62. The molecule has 3 aromatic carbocycles. The average Bonchev–Trinajstić information content (AvgIpc) is 2.80. The summed E-state index contributed by atoms with van der Waals surface area (Å²) in [4.78, 5) is 25.7. The average molecular weight is 393 g/mol. The first kappa shape index (κ1) is 19.2. The molecule has 1 N–H and O–H groups in total. The highest BCUT2D eigenvalue weighted by atomic mass is 16.2. The van der Waals surface area contributed by atoms with Crippen molar-refractivity contribution in [1.29, 1.82) is 0 Å². The molecule has 0 aliphatic rings. The standard InChI is InChI=1S/C25H19N3O2/c29-24(26-17-9-14-19-10-3-1-4-11-19)23-21-15-7-8-16-22(21)25(30)28(27-23)18-20-12-5-2-6-13-20/h1-8,10-13,15-16H,17-18H2,(H,26,29). The summed E-state index contributed by atoms with van der Waals surface area (Å²) in [5, 5.41) is 8.15. The maximum absolute atomic E-state index is 12.9. The molecular weight excluding hydrogens is 374 g/mol. The van der Waals surface area contributed by atoms with Crippen LogP contribution in [-0.2, 0) is 6.54 Å². The fraction of sp³-hybridized carbons (Fsp3) is 0.0800. The molecule has 0 saturated carbocycles. The second-order valence-electron chi connectivity index (χ2n) is 6.69. The lowest BCUT2D eigenvalue weighted by Crippen LogP contribution is -2.31. The van der Waals surface area contributed by atoms with Crippen LogP contribution in [-0.4, -0.2) is 22.2 Å². The Hall–Kier alpha value is -4.17. The van der Waals surface area contributed by atoms with E-state index in [0.717, 1.165) is 11.1 Å². The van der Waals surface area contributed by atoms with E-state index in [1.165, 1.54) is 4.68 Å². The van der Waals surface area contributed by atoms with E-state index in [0.29, 0.717) is 17.3 Å². The summed E-state index contributed by atoms with van der Waals surface area (Å²) in [6.07, 6.45) is 0. The maximum atomic E-state index is 12.9. The Morgan fingerprint density at radius 1 is 0.867 bits per heavy atom. The van der Waals surface area contributed by atoms with Crippen LogP contribution in [0.3, 0.4) is 0 Å². The first-order valence-electron chi connectivity index (χ1n) is 9.58. The smallest absolute Gasteiger partial charge is 0.274 e. The van der Waals surface area contributed by atoms with E-state index in [4.69, 9.17) is 0 Å². The van der Waals surface area contributed by atoms with Crippen molar-refractivity contribution in [2.24, 2.45) is 0 Å². The highest BCUT2D eigenvalue weighted by Crippen LogP contribution is 2.14. The molecule has 0 bridgehead atoms. The summed E-state index contributed by atoms with van der Waals surface area (Å²) in [6.45, 7) is 0.472. The number of carbonyl (C=O) groups excluding carboxylic acids is 1. The molecule has 4 rings (SSSR count). The fourth-order valence-electron chi connectivity index (χ4n) is 3.14. The lowest BCUT2D eigenvalue weighted by molar-refractivity contribution is 0.0953. The highest BCUT2D eigenvalue weighted by Gasteiger charge is 2.16. The van der Waals surface area contributed by atoms with Crippen molar-refractivity contribution in [3.8, 4) is 11.8 Å². The molecule has 0 fully saturated rings. The van der Waals surface area contributed by atoms with Gasteiger partial charge in [0.15, 0.2) is 5.69 Å². The zero-order chi connectivity index (χ0) is 20.8. The van der Waals surface area contributed by atoms with Gasteiger partial charge in [-0.05, 0) is 23.8 Å². The lowest BCUT2D eigenvalue weighted by atomic mass is 10.1.